The van der Waals surface area contributed by atoms with Crippen molar-refractivity contribution in [2.24, 2.45) is 5.16 Å². The average molecular weight is 370 g/mol. The number of hydrogen-bond acceptors (Lipinski definition) is 4. The van der Waals surface area contributed by atoms with Crippen LogP contribution in [0.4, 0.5) is 10.1 Å². The quantitative estimate of drug-likeness (QED) is 0.875. The second kappa shape index (κ2) is 7.39. The van der Waals surface area contributed by atoms with Crippen LogP contribution in [0.3, 0.4) is 0 Å². The first-order valence-corrected chi connectivity index (χ1v) is 8.76. The standard InChI is InChI=1S/C21H23FN2O3/c1-21(2,3)14-8-9-18(26-4)17(11-14)23-20(25)19-12-16(24-27-19)13-6-5-7-15(22)10-13/h5-11,19H,12H2,1-4H3,(H,23,25). The van der Waals surface area contributed by atoms with E-state index in [1.54, 1.807) is 19.2 Å². The summed E-state index contributed by atoms with van der Waals surface area (Å²) in [6.07, 6.45) is -0.498. The summed E-state index contributed by atoms with van der Waals surface area (Å²) in [5, 5.41) is 6.81. The number of methoxy groups -OCH3 is 1. The van der Waals surface area contributed by atoms with Crippen molar-refractivity contribution in [2.75, 3.05) is 12.4 Å². The second-order valence-electron chi connectivity index (χ2n) is 7.50. The molecule has 1 unspecified atom stereocenters. The number of nitrogens with one attached hydrogen (secondary N) is 1. The van der Waals surface area contributed by atoms with E-state index in [2.05, 4.69) is 31.2 Å². The molecule has 0 aliphatic carbocycles. The molecule has 1 aliphatic heterocycles. The lowest BCUT2D eigenvalue weighted by atomic mass is 9.87. The minimum atomic E-state index is -0.772. The van der Waals surface area contributed by atoms with Gasteiger partial charge >= 0.3 is 0 Å². The van der Waals surface area contributed by atoms with Gasteiger partial charge in [-0.2, -0.15) is 0 Å². The topological polar surface area (TPSA) is 59.9 Å². The molecule has 27 heavy (non-hydrogen) atoms. The third-order valence-electron chi connectivity index (χ3n) is 4.44. The van der Waals surface area contributed by atoms with Gasteiger partial charge in [-0.05, 0) is 35.2 Å². The van der Waals surface area contributed by atoms with Crippen molar-refractivity contribution in [3.63, 3.8) is 0 Å². The Bertz CT molecular complexity index is 887. The number of benzene rings is 2. The maximum absolute atomic E-state index is 13.4. The van der Waals surface area contributed by atoms with Gasteiger partial charge in [0.15, 0.2) is 0 Å². The van der Waals surface area contributed by atoms with E-state index >= 15 is 0 Å². The minimum absolute atomic E-state index is 0.0662. The predicted octanol–water partition coefficient (Wildman–Crippen LogP) is 4.26. The maximum Gasteiger partial charge on any atom is 0.268 e. The van der Waals surface area contributed by atoms with Crippen LogP contribution in [-0.4, -0.2) is 24.8 Å². The van der Waals surface area contributed by atoms with Gasteiger partial charge in [0, 0.05) is 12.0 Å². The van der Waals surface area contributed by atoms with Crippen LogP contribution in [-0.2, 0) is 15.0 Å². The molecular formula is C21H23FN2O3. The van der Waals surface area contributed by atoms with Crippen molar-refractivity contribution < 1.29 is 18.8 Å². The number of carbonyl (C=O) groups is 1. The zero-order chi connectivity index (χ0) is 19.6. The minimum Gasteiger partial charge on any atom is -0.495 e. The lowest BCUT2D eigenvalue weighted by Crippen LogP contribution is -2.28. The Labute approximate surface area is 158 Å². The SMILES string of the molecule is COc1ccc(C(C)(C)C)cc1NC(=O)C1CC(c2cccc(F)c2)=NO1. The van der Waals surface area contributed by atoms with E-state index in [0.717, 1.165) is 5.56 Å². The Morgan fingerprint density at radius 3 is 2.70 bits per heavy atom. The van der Waals surface area contributed by atoms with Gasteiger partial charge < -0.3 is 14.9 Å². The molecule has 1 amide bonds. The van der Waals surface area contributed by atoms with Crippen molar-refractivity contribution in [1.82, 2.24) is 0 Å². The first kappa shape index (κ1) is 18.9. The Kier molecular flexibility index (Phi) is 5.17. The zero-order valence-electron chi connectivity index (χ0n) is 15.9. The summed E-state index contributed by atoms with van der Waals surface area (Å²) in [6, 6.07) is 11.8. The number of amides is 1. The van der Waals surface area contributed by atoms with Crippen LogP contribution in [0.15, 0.2) is 47.6 Å². The smallest absolute Gasteiger partial charge is 0.268 e. The molecule has 0 radical (unpaired) electrons. The van der Waals surface area contributed by atoms with Crippen LogP contribution in [0.25, 0.3) is 0 Å². The monoisotopic (exact) mass is 370 g/mol. The molecule has 6 heteroatoms. The van der Waals surface area contributed by atoms with Crippen LogP contribution in [0, 0.1) is 5.82 Å². The van der Waals surface area contributed by atoms with Crippen LogP contribution in [0.2, 0.25) is 0 Å². The number of anilines is 1. The van der Waals surface area contributed by atoms with E-state index in [4.69, 9.17) is 9.57 Å². The van der Waals surface area contributed by atoms with Gasteiger partial charge in [0.05, 0.1) is 18.5 Å². The predicted molar refractivity (Wildman–Crippen MR) is 103 cm³/mol. The molecule has 1 atom stereocenters. The largest absolute Gasteiger partial charge is 0.495 e. The molecule has 142 valence electrons. The van der Waals surface area contributed by atoms with Crippen molar-refractivity contribution in [2.45, 2.75) is 38.7 Å². The van der Waals surface area contributed by atoms with Gasteiger partial charge in [-0.1, -0.05) is 44.1 Å². The second-order valence-corrected chi connectivity index (χ2v) is 7.50. The molecule has 2 aromatic rings. The number of ether oxygens (including phenoxy) is 1. The van der Waals surface area contributed by atoms with E-state index in [1.165, 1.54) is 12.1 Å². The van der Waals surface area contributed by atoms with Gasteiger partial charge in [-0.25, -0.2) is 4.39 Å². The molecule has 1 aliphatic rings. The highest BCUT2D eigenvalue weighted by Crippen LogP contribution is 2.32. The Morgan fingerprint density at radius 2 is 2.04 bits per heavy atom. The van der Waals surface area contributed by atoms with Crippen molar-refractivity contribution in [3.05, 3.63) is 59.4 Å². The van der Waals surface area contributed by atoms with E-state index in [1.807, 2.05) is 18.2 Å². The highest BCUT2D eigenvalue weighted by atomic mass is 19.1. The lowest BCUT2D eigenvalue weighted by molar-refractivity contribution is -0.125. The first-order chi connectivity index (χ1) is 12.8. The summed E-state index contributed by atoms with van der Waals surface area (Å²) >= 11 is 0. The Hall–Kier alpha value is -2.89. The summed E-state index contributed by atoms with van der Waals surface area (Å²) in [5.74, 6) is -0.109. The molecule has 3 rings (SSSR count). The zero-order valence-corrected chi connectivity index (χ0v) is 15.9. The van der Waals surface area contributed by atoms with Gasteiger partial charge in [-0.15, -0.1) is 0 Å². The third-order valence-corrected chi connectivity index (χ3v) is 4.44. The van der Waals surface area contributed by atoms with Crippen molar-refractivity contribution >= 4 is 17.3 Å². The van der Waals surface area contributed by atoms with Crippen molar-refractivity contribution in [3.8, 4) is 5.75 Å². The highest BCUT2D eigenvalue weighted by Gasteiger charge is 2.30. The summed E-state index contributed by atoms with van der Waals surface area (Å²) in [5.41, 5.74) is 2.74. The summed E-state index contributed by atoms with van der Waals surface area (Å²) in [4.78, 5) is 17.9. The fourth-order valence-electron chi connectivity index (χ4n) is 2.84. The molecule has 0 aromatic heterocycles. The van der Waals surface area contributed by atoms with E-state index < -0.39 is 6.10 Å². The summed E-state index contributed by atoms with van der Waals surface area (Å²) < 4.78 is 18.7. The van der Waals surface area contributed by atoms with Crippen molar-refractivity contribution in [1.29, 1.82) is 0 Å². The molecule has 0 bridgehead atoms. The first-order valence-electron chi connectivity index (χ1n) is 8.76. The average Bonchev–Trinajstić information content (AvgIpc) is 3.11. The van der Waals surface area contributed by atoms with Crippen LogP contribution in [0.1, 0.15) is 38.3 Å². The van der Waals surface area contributed by atoms with Crippen LogP contribution >= 0.6 is 0 Å². The molecule has 0 fully saturated rings. The highest BCUT2D eigenvalue weighted by molar-refractivity contribution is 6.06. The summed E-state index contributed by atoms with van der Waals surface area (Å²) in [6.45, 7) is 6.29. The van der Waals surface area contributed by atoms with E-state index in [0.29, 0.717) is 22.7 Å². The molecule has 2 aromatic carbocycles. The van der Waals surface area contributed by atoms with E-state index in [-0.39, 0.29) is 23.6 Å². The number of nitrogens with zero attached hydrogens (tertiary/aromatic N) is 1. The Balaban J connectivity index is 1.73. The molecule has 0 saturated heterocycles. The fourth-order valence-corrected chi connectivity index (χ4v) is 2.84. The van der Waals surface area contributed by atoms with Crippen LogP contribution in [0.5, 0.6) is 5.75 Å². The fraction of sp³-hybridized carbons (Fsp3) is 0.333. The normalized spacial score (nSPS) is 16.5. The maximum atomic E-state index is 13.4. The molecule has 5 nitrogen and oxygen atoms in total. The van der Waals surface area contributed by atoms with Crippen LogP contribution < -0.4 is 10.1 Å². The number of halogens is 1. The summed E-state index contributed by atoms with van der Waals surface area (Å²) in [7, 11) is 1.55. The number of carbonyl (C=O) groups excluding carboxylic acids is 1. The lowest BCUT2D eigenvalue weighted by Gasteiger charge is -2.21. The number of oxime groups is 1. The molecule has 1 heterocycles. The number of rotatable bonds is 4. The molecule has 1 N–H and O–H groups in total. The third kappa shape index (κ3) is 4.27. The molecule has 0 saturated carbocycles. The van der Waals surface area contributed by atoms with E-state index in [9.17, 15) is 9.18 Å². The Morgan fingerprint density at radius 1 is 1.26 bits per heavy atom. The molecular weight excluding hydrogens is 347 g/mol. The van der Waals surface area contributed by atoms with Gasteiger partial charge in [0.2, 0.25) is 6.10 Å². The van der Waals surface area contributed by atoms with Gasteiger partial charge in [0.1, 0.15) is 11.6 Å². The van der Waals surface area contributed by atoms with Gasteiger partial charge in [-0.3, -0.25) is 4.79 Å². The van der Waals surface area contributed by atoms with Gasteiger partial charge in [0.25, 0.3) is 5.91 Å². The molecule has 0 spiro atoms. The number of hydrogen-bond donors (Lipinski definition) is 1.